The summed E-state index contributed by atoms with van der Waals surface area (Å²) in [5.41, 5.74) is 5.77. The first-order chi connectivity index (χ1) is 10.5. The molecule has 3 rings (SSSR count). The Bertz CT molecular complexity index is 704. The number of hydrogen-bond donors (Lipinski definition) is 3. The van der Waals surface area contributed by atoms with Crippen molar-refractivity contribution in [1.82, 2.24) is 14.5 Å². The Kier molecular flexibility index (Phi) is 4.03. The van der Waals surface area contributed by atoms with Gasteiger partial charge >= 0.3 is 0 Å². The van der Waals surface area contributed by atoms with Gasteiger partial charge in [-0.05, 0) is 24.8 Å². The van der Waals surface area contributed by atoms with Crippen molar-refractivity contribution in [2.75, 3.05) is 0 Å². The van der Waals surface area contributed by atoms with E-state index in [0.29, 0.717) is 29.0 Å². The Balaban J connectivity index is 1.87. The number of nitrogens with zero attached hydrogens (tertiary/aromatic N) is 3. The molecule has 2 aromatic rings. The van der Waals surface area contributed by atoms with E-state index in [1.165, 1.54) is 6.33 Å². The van der Waals surface area contributed by atoms with Crippen LogP contribution in [0.25, 0.3) is 11.0 Å². The Morgan fingerprint density at radius 1 is 1.41 bits per heavy atom. The van der Waals surface area contributed by atoms with Crippen molar-refractivity contribution in [3.63, 3.8) is 0 Å². The maximum Gasteiger partial charge on any atom is 0.217 e. The summed E-state index contributed by atoms with van der Waals surface area (Å²) in [6.45, 7) is 0. The molecule has 22 heavy (non-hydrogen) atoms. The van der Waals surface area contributed by atoms with Gasteiger partial charge in [-0.2, -0.15) is 0 Å². The van der Waals surface area contributed by atoms with Crippen molar-refractivity contribution in [1.29, 1.82) is 0 Å². The van der Waals surface area contributed by atoms with Gasteiger partial charge in [0.05, 0.1) is 17.5 Å². The van der Waals surface area contributed by atoms with Gasteiger partial charge in [0.1, 0.15) is 23.2 Å². The highest BCUT2D eigenvalue weighted by atomic mass is 35.5. The maximum atomic E-state index is 10.9. The molecule has 0 saturated heterocycles. The molecule has 4 N–H and O–H groups in total. The minimum atomic E-state index is -0.929. The summed E-state index contributed by atoms with van der Waals surface area (Å²) in [6, 6.07) is 1.46. The second-order valence-corrected chi connectivity index (χ2v) is 6.03. The molecule has 0 unspecified atom stereocenters. The van der Waals surface area contributed by atoms with Gasteiger partial charge in [-0.25, -0.2) is 9.97 Å². The Hall–Kier alpha value is -1.70. The molecule has 0 spiro atoms. The second-order valence-electron chi connectivity index (χ2n) is 5.67. The van der Waals surface area contributed by atoms with Crippen molar-refractivity contribution in [2.45, 2.75) is 37.5 Å². The van der Waals surface area contributed by atoms with E-state index in [4.69, 9.17) is 17.3 Å². The number of aliphatic hydroxyl groups is 2. The lowest BCUT2D eigenvalue weighted by atomic mass is 9.99. The van der Waals surface area contributed by atoms with Crippen molar-refractivity contribution in [3.05, 3.63) is 23.7 Å². The Morgan fingerprint density at radius 3 is 2.91 bits per heavy atom. The normalized spacial score (nSPS) is 28.3. The molecule has 8 heteroatoms. The van der Waals surface area contributed by atoms with Crippen LogP contribution in [-0.2, 0) is 4.79 Å². The van der Waals surface area contributed by atoms with Crippen LogP contribution in [-0.4, -0.2) is 42.9 Å². The minimum absolute atomic E-state index is 0.178. The van der Waals surface area contributed by atoms with Gasteiger partial charge in [-0.15, -0.1) is 0 Å². The fourth-order valence-corrected chi connectivity index (χ4v) is 3.39. The quantitative estimate of drug-likeness (QED) is 0.714. The third-order valence-electron chi connectivity index (χ3n) is 4.35. The van der Waals surface area contributed by atoms with Crippen LogP contribution in [0.1, 0.15) is 25.3 Å². The number of hydrogen-bond acceptors (Lipinski definition) is 5. The van der Waals surface area contributed by atoms with Crippen molar-refractivity contribution in [3.8, 4) is 0 Å². The molecule has 1 aliphatic rings. The van der Waals surface area contributed by atoms with Crippen LogP contribution in [0.4, 0.5) is 0 Å². The van der Waals surface area contributed by atoms with Crippen LogP contribution in [0, 0.1) is 5.92 Å². The average Bonchev–Trinajstić information content (AvgIpc) is 3.01. The first-order valence-electron chi connectivity index (χ1n) is 7.10. The summed E-state index contributed by atoms with van der Waals surface area (Å²) in [5, 5.41) is 21.6. The molecule has 4 atom stereocenters. The molecule has 1 amide bonds. The lowest BCUT2D eigenvalue weighted by molar-refractivity contribution is -0.118. The molecule has 1 saturated carbocycles. The van der Waals surface area contributed by atoms with Crippen molar-refractivity contribution in [2.24, 2.45) is 11.7 Å². The van der Waals surface area contributed by atoms with E-state index in [1.807, 2.05) is 0 Å². The topological polar surface area (TPSA) is 114 Å². The average molecular weight is 325 g/mol. The fourth-order valence-electron chi connectivity index (χ4n) is 3.20. The molecule has 118 valence electrons. The SMILES string of the molecule is NC(=O)CC[C@@H]1C[C@@H](n2ccc3c(Cl)ncnc32)[C@H](O)[C@@H]1O. The molecule has 0 aromatic carbocycles. The third-order valence-corrected chi connectivity index (χ3v) is 4.65. The molecule has 0 radical (unpaired) electrons. The number of aromatic nitrogens is 3. The highest BCUT2D eigenvalue weighted by molar-refractivity contribution is 6.33. The number of halogens is 1. The zero-order valence-corrected chi connectivity index (χ0v) is 12.5. The van der Waals surface area contributed by atoms with Gasteiger partial charge < -0.3 is 20.5 Å². The second kappa shape index (κ2) is 5.83. The van der Waals surface area contributed by atoms with E-state index in [2.05, 4.69) is 9.97 Å². The van der Waals surface area contributed by atoms with Gasteiger partial charge in [0.15, 0.2) is 0 Å². The number of carbonyl (C=O) groups excluding carboxylic acids is 1. The number of carbonyl (C=O) groups is 1. The van der Waals surface area contributed by atoms with Crippen LogP contribution in [0.2, 0.25) is 5.15 Å². The van der Waals surface area contributed by atoms with Crippen LogP contribution in [0.15, 0.2) is 18.6 Å². The van der Waals surface area contributed by atoms with Crippen LogP contribution in [0.3, 0.4) is 0 Å². The van der Waals surface area contributed by atoms with Gasteiger partial charge in [-0.3, -0.25) is 4.79 Å². The van der Waals surface area contributed by atoms with Crippen LogP contribution < -0.4 is 5.73 Å². The zero-order chi connectivity index (χ0) is 15.9. The smallest absolute Gasteiger partial charge is 0.217 e. The van der Waals surface area contributed by atoms with E-state index in [1.54, 1.807) is 16.8 Å². The minimum Gasteiger partial charge on any atom is -0.390 e. The van der Waals surface area contributed by atoms with E-state index in [-0.39, 0.29) is 18.4 Å². The molecule has 1 aliphatic carbocycles. The highest BCUT2D eigenvalue weighted by Crippen LogP contribution is 2.39. The molecule has 7 nitrogen and oxygen atoms in total. The van der Waals surface area contributed by atoms with E-state index in [9.17, 15) is 15.0 Å². The first-order valence-corrected chi connectivity index (χ1v) is 7.48. The summed E-state index contributed by atoms with van der Waals surface area (Å²) in [5.74, 6) is -0.585. The van der Waals surface area contributed by atoms with E-state index < -0.39 is 18.1 Å². The lowest BCUT2D eigenvalue weighted by Crippen LogP contribution is -2.29. The molecular formula is C14H17ClN4O3. The van der Waals surface area contributed by atoms with Crippen molar-refractivity contribution < 1.29 is 15.0 Å². The van der Waals surface area contributed by atoms with Gasteiger partial charge in [0, 0.05) is 12.6 Å². The standard InChI is InChI=1S/C14H17ClN4O3/c15-13-8-3-4-19(14(8)18-6-17-13)9-5-7(1-2-10(16)20)11(21)12(9)22/h3-4,6-7,9,11-12,21-22H,1-2,5H2,(H2,16,20)/t7-,9-,11-,12+/m1/s1. The summed E-state index contributed by atoms with van der Waals surface area (Å²) >= 11 is 6.03. The van der Waals surface area contributed by atoms with E-state index in [0.717, 1.165) is 0 Å². The summed E-state index contributed by atoms with van der Waals surface area (Å²) in [7, 11) is 0. The van der Waals surface area contributed by atoms with Crippen LogP contribution >= 0.6 is 11.6 Å². The van der Waals surface area contributed by atoms with Gasteiger partial charge in [0.2, 0.25) is 5.91 Å². The van der Waals surface area contributed by atoms with Crippen LogP contribution in [0.5, 0.6) is 0 Å². The molecule has 1 fully saturated rings. The molecule has 0 bridgehead atoms. The molecular weight excluding hydrogens is 308 g/mol. The Morgan fingerprint density at radius 2 is 2.18 bits per heavy atom. The third kappa shape index (κ3) is 2.55. The fraction of sp³-hybridized carbons (Fsp3) is 0.500. The maximum absolute atomic E-state index is 10.9. The molecule has 2 aromatic heterocycles. The number of aliphatic hydroxyl groups excluding tert-OH is 2. The number of rotatable bonds is 4. The summed E-state index contributed by atoms with van der Waals surface area (Å²) < 4.78 is 1.81. The summed E-state index contributed by atoms with van der Waals surface area (Å²) in [6.07, 6.45) is 2.52. The number of nitrogens with two attached hydrogens (primary N) is 1. The zero-order valence-electron chi connectivity index (χ0n) is 11.8. The Labute approximate surface area is 131 Å². The predicted octanol–water partition coefficient (Wildman–Crippen LogP) is 0.633. The van der Waals surface area contributed by atoms with E-state index >= 15 is 0 Å². The molecule has 2 heterocycles. The highest BCUT2D eigenvalue weighted by Gasteiger charge is 2.42. The lowest BCUT2D eigenvalue weighted by Gasteiger charge is -2.18. The van der Waals surface area contributed by atoms with Gasteiger partial charge in [-0.1, -0.05) is 11.6 Å². The number of fused-ring (bicyclic) bond motifs is 1. The monoisotopic (exact) mass is 324 g/mol. The molecule has 0 aliphatic heterocycles. The number of amides is 1. The van der Waals surface area contributed by atoms with Gasteiger partial charge in [0.25, 0.3) is 0 Å². The largest absolute Gasteiger partial charge is 0.390 e. The van der Waals surface area contributed by atoms with Crippen molar-refractivity contribution >= 4 is 28.5 Å². The number of primary amides is 1. The summed E-state index contributed by atoms with van der Waals surface area (Å²) in [4.78, 5) is 19.0. The predicted molar refractivity (Wildman–Crippen MR) is 80.1 cm³/mol. The first kappa shape index (κ1) is 15.2.